The Balaban J connectivity index is 4.17. The van der Waals surface area contributed by atoms with Crippen molar-refractivity contribution >= 4 is 18.3 Å². The van der Waals surface area contributed by atoms with Gasteiger partial charge in [-0.15, -0.1) is 0 Å². The lowest BCUT2D eigenvalue weighted by molar-refractivity contribution is 0.275. The quantitative estimate of drug-likeness (QED) is 0.398. The summed E-state index contributed by atoms with van der Waals surface area (Å²) in [6.07, 6.45) is 3.15. The summed E-state index contributed by atoms with van der Waals surface area (Å²) < 4.78 is 10.8. The van der Waals surface area contributed by atoms with Crippen molar-refractivity contribution in [2.75, 3.05) is 13.2 Å². The van der Waals surface area contributed by atoms with Gasteiger partial charge in [0, 0.05) is 6.42 Å². The van der Waals surface area contributed by atoms with Crippen LogP contribution in [0.15, 0.2) is 0 Å². The van der Waals surface area contributed by atoms with Crippen molar-refractivity contribution in [3.63, 3.8) is 0 Å². The Bertz CT molecular complexity index is 232. The Kier molecular flexibility index (Phi) is 8.52. The molecule has 0 atom stereocenters. The summed E-state index contributed by atoms with van der Waals surface area (Å²) in [5.41, 5.74) is 2.96. The van der Waals surface area contributed by atoms with Crippen molar-refractivity contribution in [1.29, 1.82) is 0 Å². The molecule has 0 aliphatic heterocycles. The first-order valence-electron chi connectivity index (χ1n) is 5.07. The van der Waals surface area contributed by atoms with E-state index in [4.69, 9.17) is 20.9 Å². The van der Waals surface area contributed by atoms with E-state index >= 15 is 0 Å². The van der Waals surface area contributed by atoms with E-state index in [1.54, 1.807) is 0 Å². The summed E-state index contributed by atoms with van der Waals surface area (Å²) >= 11 is 5.24. The molecule has 4 heteroatoms. The van der Waals surface area contributed by atoms with E-state index in [0.29, 0.717) is 13.2 Å². The first-order chi connectivity index (χ1) is 6.68. The van der Waals surface area contributed by atoms with Gasteiger partial charge in [0.25, 0.3) is 6.49 Å². The molecule has 0 aromatic carbocycles. The van der Waals surface area contributed by atoms with E-state index in [0.717, 1.165) is 19.3 Å². The Hall–Kier alpha value is 0.130. The molecule has 0 aliphatic carbocycles. The van der Waals surface area contributed by atoms with Crippen LogP contribution in [0.25, 0.3) is 0 Å². The molecule has 0 heterocycles. The van der Waals surface area contributed by atoms with Crippen molar-refractivity contribution in [3.05, 3.63) is 0 Å². The molecule has 0 saturated heterocycles. The first-order valence-corrected chi connectivity index (χ1v) is 7.71. The van der Waals surface area contributed by atoms with Crippen LogP contribution in [-0.4, -0.2) is 13.2 Å². The number of hydrogen-bond acceptors (Lipinski definition) is 3. The molecule has 82 valence electrons. The van der Waals surface area contributed by atoms with Crippen LogP contribution >= 0.6 is 6.49 Å². The minimum atomic E-state index is -2.29. The molecular weight excluding hydrogens is 215 g/mol. The standard InChI is InChI=1S/C10H19O2PS/c1-4-7-8-9-10-13(14,11-5-2)12-6-3/h4-8H2,1-3H3. The molecule has 2 nitrogen and oxygen atoms in total. The molecule has 0 spiro atoms. The van der Waals surface area contributed by atoms with Crippen molar-refractivity contribution in [1.82, 2.24) is 0 Å². The molecule has 0 aliphatic rings. The van der Waals surface area contributed by atoms with Gasteiger partial charge in [0.2, 0.25) is 0 Å². The summed E-state index contributed by atoms with van der Waals surface area (Å²) in [5.74, 6) is 3.04. The van der Waals surface area contributed by atoms with E-state index in [1.807, 2.05) is 13.8 Å². The van der Waals surface area contributed by atoms with E-state index in [9.17, 15) is 0 Å². The Labute approximate surface area is 92.5 Å². The zero-order valence-corrected chi connectivity index (χ0v) is 10.9. The Morgan fingerprint density at radius 1 is 1.14 bits per heavy atom. The summed E-state index contributed by atoms with van der Waals surface area (Å²) in [7, 11) is 0. The highest BCUT2D eigenvalue weighted by Gasteiger charge is 2.13. The molecule has 0 aromatic rings. The number of rotatable bonds is 6. The lowest BCUT2D eigenvalue weighted by atomic mass is 10.3. The third kappa shape index (κ3) is 6.56. The lowest BCUT2D eigenvalue weighted by Crippen LogP contribution is -1.92. The second kappa shape index (κ2) is 8.44. The van der Waals surface area contributed by atoms with Crippen LogP contribution in [0.2, 0.25) is 0 Å². The number of unbranched alkanes of at least 4 members (excludes halogenated alkanes) is 2. The van der Waals surface area contributed by atoms with Crippen LogP contribution in [0.1, 0.15) is 40.0 Å². The monoisotopic (exact) mass is 234 g/mol. The van der Waals surface area contributed by atoms with Gasteiger partial charge < -0.3 is 9.05 Å². The van der Waals surface area contributed by atoms with Gasteiger partial charge in [-0.2, -0.15) is 0 Å². The van der Waals surface area contributed by atoms with E-state index in [1.165, 1.54) is 0 Å². The van der Waals surface area contributed by atoms with E-state index in [-0.39, 0.29) is 0 Å². The third-order valence-electron chi connectivity index (χ3n) is 1.47. The molecule has 0 radical (unpaired) electrons. The van der Waals surface area contributed by atoms with Crippen LogP contribution in [0.3, 0.4) is 0 Å². The Morgan fingerprint density at radius 3 is 2.14 bits per heavy atom. The van der Waals surface area contributed by atoms with Crippen molar-refractivity contribution in [2.45, 2.75) is 40.0 Å². The predicted molar refractivity (Wildman–Crippen MR) is 64.8 cm³/mol. The number of hydrogen-bond donors (Lipinski definition) is 0. The molecular formula is C10H19O2PS. The normalized spacial score (nSPS) is 10.8. The van der Waals surface area contributed by atoms with Crippen molar-refractivity contribution in [3.8, 4) is 11.6 Å². The Morgan fingerprint density at radius 2 is 1.71 bits per heavy atom. The third-order valence-corrected chi connectivity index (χ3v) is 4.00. The minimum Gasteiger partial charge on any atom is -0.321 e. The average molecular weight is 234 g/mol. The molecule has 0 N–H and O–H groups in total. The zero-order valence-electron chi connectivity index (χ0n) is 9.21. The molecule has 0 fully saturated rings. The summed E-state index contributed by atoms with van der Waals surface area (Å²) in [5, 5.41) is 0. The highest BCUT2D eigenvalue weighted by atomic mass is 32.5. The molecule has 0 amide bonds. The van der Waals surface area contributed by atoms with Gasteiger partial charge in [0.15, 0.2) is 0 Å². The van der Waals surface area contributed by atoms with E-state index < -0.39 is 6.49 Å². The highest BCUT2D eigenvalue weighted by molar-refractivity contribution is 8.12. The maximum absolute atomic E-state index is 5.38. The second-order valence-corrected chi connectivity index (χ2v) is 5.90. The molecule has 0 bridgehead atoms. The average Bonchev–Trinajstić information content (AvgIpc) is 2.13. The SMILES string of the molecule is CCCCC#CP(=S)(OCC)OCC. The van der Waals surface area contributed by atoms with Crippen LogP contribution in [0.5, 0.6) is 0 Å². The summed E-state index contributed by atoms with van der Waals surface area (Å²) in [4.78, 5) is 0. The highest BCUT2D eigenvalue weighted by Crippen LogP contribution is 2.47. The summed E-state index contributed by atoms with van der Waals surface area (Å²) in [6.45, 7) is 4.81. The second-order valence-electron chi connectivity index (χ2n) is 2.73. The van der Waals surface area contributed by atoms with Gasteiger partial charge in [-0.3, -0.25) is 0 Å². The topological polar surface area (TPSA) is 18.5 Å². The zero-order chi connectivity index (χ0) is 10.9. The van der Waals surface area contributed by atoms with Crippen LogP contribution in [-0.2, 0) is 20.9 Å². The first kappa shape index (κ1) is 14.1. The lowest BCUT2D eigenvalue weighted by Gasteiger charge is -2.13. The fourth-order valence-corrected chi connectivity index (χ4v) is 2.87. The molecule has 0 rings (SSSR count). The van der Waals surface area contributed by atoms with Crippen LogP contribution in [0, 0.1) is 11.6 Å². The molecule has 14 heavy (non-hydrogen) atoms. The van der Waals surface area contributed by atoms with Gasteiger partial charge in [-0.25, -0.2) is 0 Å². The molecule has 0 aromatic heterocycles. The predicted octanol–water partition coefficient (Wildman–Crippen LogP) is 3.52. The molecule has 0 unspecified atom stereocenters. The van der Waals surface area contributed by atoms with Gasteiger partial charge in [-0.1, -0.05) is 19.3 Å². The molecule has 0 saturated carbocycles. The van der Waals surface area contributed by atoms with Gasteiger partial charge in [0.05, 0.1) is 13.2 Å². The fraction of sp³-hybridized carbons (Fsp3) is 0.800. The summed E-state index contributed by atoms with van der Waals surface area (Å²) in [6, 6.07) is 0. The van der Waals surface area contributed by atoms with Gasteiger partial charge >= 0.3 is 0 Å². The van der Waals surface area contributed by atoms with Gasteiger partial charge in [-0.05, 0) is 37.7 Å². The van der Waals surface area contributed by atoms with Crippen LogP contribution in [0.4, 0.5) is 0 Å². The van der Waals surface area contributed by atoms with Crippen molar-refractivity contribution in [2.24, 2.45) is 0 Å². The smallest absolute Gasteiger partial charge is 0.264 e. The minimum absolute atomic E-state index is 0.569. The fourth-order valence-electron chi connectivity index (χ4n) is 0.860. The van der Waals surface area contributed by atoms with E-state index in [2.05, 4.69) is 18.5 Å². The largest absolute Gasteiger partial charge is 0.321 e. The van der Waals surface area contributed by atoms with Crippen LogP contribution < -0.4 is 0 Å². The maximum atomic E-state index is 5.38. The van der Waals surface area contributed by atoms with Crippen molar-refractivity contribution < 1.29 is 9.05 Å². The van der Waals surface area contributed by atoms with Gasteiger partial charge in [0.1, 0.15) is 0 Å². The maximum Gasteiger partial charge on any atom is 0.264 e.